The minimum absolute atomic E-state index is 0.263. The van der Waals surface area contributed by atoms with Gasteiger partial charge in [0.15, 0.2) is 24.3 Å². The quantitative estimate of drug-likeness (QED) is 0.676. The van der Waals surface area contributed by atoms with Gasteiger partial charge in [0.05, 0.1) is 11.1 Å². The van der Waals surface area contributed by atoms with E-state index in [0.29, 0.717) is 5.56 Å². The standard InChI is InChI=1S/C23H21NO7/c1-22(2)29-18-21(31-22)28-17(13-27-19(25)15-9-5-3-6-10-15)23(18,14-24)30-20(26)16-11-7-4-8-12-16/h3-12,17-18,21H,13H2,1-2H3/t17-,18+,21-,23+/m1/s1. The molecular formula is C23H21NO7. The minimum atomic E-state index is -1.87. The van der Waals surface area contributed by atoms with Crippen molar-refractivity contribution in [3.8, 4) is 6.07 Å². The Morgan fingerprint density at radius 2 is 1.55 bits per heavy atom. The number of hydrogen-bond donors (Lipinski definition) is 0. The SMILES string of the molecule is CC1(C)O[C@H]2O[C@H](COC(=O)c3ccccc3)[C@](C#N)(OC(=O)c3ccccc3)[C@H]2O1. The van der Waals surface area contributed by atoms with Crippen LogP contribution < -0.4 is 0 Å². The van der Waals surface area contributed by atoms with Gasteiger partial charge in [-0.3, -0.25) is 0 Å². The van der Waals surface area contributed by atoms with Gasteiger partial charge in [0.2, 0.25) is 0 Å². The van der Waals surface area contributed by atoms with Crippen molar-refractivity contribution in [2.45, 2.75) is 43.7 Å². The molecule has 0 unspecified atom stereocenters. The van der Waals surface area contributed by atoms with Crippen molar-refractivity contribution in [3.63, 3.8) is 0 Å². The van der Waals surface area contributed by atoms with E-state index in [2.05, 4.69) is 0 Å². The molecule has 0 radical (unpaired) electrons. The van der Waals surface area contributed by atoms with Gasteiger partial charge >= 0.3 is 11.9 Å². The maximum atomic E-state index is 12.8. The van der Waals surface area contributed by atoms with Crippen LogP contribution in [0, 0.1) is 11.3 Å². The molecule has 2 heterocycles. The summed E-state index contributed by atoms with van der Waals surface area (Å²) in [6, 6.07) is 18.7. The van der Waals surface area contributed by atoms with Gasteiger partial charge in [-0.1, -0.05) is 36.4 Å². The van der Waals surface area contributed by atoms with Crippen LogP contribution in [0.25, 0.3) is 0 Å². The molecule has 0 saturated carbocycles. The van der Waals surface area contributed by atoms with Crippen molar-refractivity contribution >= 4 is 11.9 Å². The van der Waals surface area contributed by atoms with Gasteiger partial charge < -0.3 is 23.7 Å². The van der Waals surface area contributed by atoms with Gasteiger partial charge in [-0.05, 0) is 38.1 Å². The lowest BCUT2D eigenvalue weighted by Gasteiger charge is -2.31. The fourth-order valence-electron chi connectivity index (χ4n) is 3.61. The highest BCUT2D eigenvalue weighted by Gasteiger charge is 2.67. The maximum absolute atomic E-state index is 12.8. The molecule has 0 amide bonds. The van der Waals surface area contributed by atoms with Crippen LogP contribution in [0.1, 0.15) is 34.6 Å². The zero-order valence-corrected chi connectivity index (χ0v) is 17.0. The average molecular weight is 423 g/mol. The lowest BCUT2D eigenvalue weighted by atomic mass is 9.93. The van der Waals surface area contributed by atoms with Crippen molar-refractivity contribution in [2.24, 2.45) is 0 Å². The lowest BCUT2D eigenvalue weighted by molar-refractivity contribution is -0.226. The van der Waals surface area contributed by atoms with E-state index in [1.165, 1.54) is 0 Å². The number of esters is 2. The Kier molecular flexibility index (Phi) is 5.50. The number of nitrogens with zero attached hydrogens (tertiary/aromatic N) is 1. The highest BCUT2D eigenvalue weighted by molar-refractivity contribution is 5.90. The second-order valence-corrected chi connectivity index (χ2v) is 7.67. The first-order valence-electron chi connectivity index (χ1n) is 9.77. The molecule has 8 nitrogen and oxygen atoms in total. The molecule has 8 heteroatoms. The highest BCUT2D eigenvalue weighted by atomic mass is 16.8. The molecule has 160 valence electrons. The van der Waals surface area contributed by atoms with E-state index >= 15 is 0 Å². The van der Waals surface area contributed by atoms with Crippen LogP contribution in [0.4, 0.5) is 0 Å². The zero-order valence-electron chi connectivity index (χ0n) is 17.0. The third-order valence-electron chi connectivity index (χ3n) is 5.08. The van der Waals surface area contributed by atoms with Crippen LogP contribution in [-0.4, -0.2) is 48.4 Å². The fraction of sp³-hybridized carbons (Fsp3) is 0.348. The number of ether oxygens (including phenoxy) is 5. The number of nitriles is 1. The largest absolute Gasteiger partial charge is 0.459 e. The number of carbonyl (C=O) groups is 2. The monoisotopic (exact) mass is 423 g/mol. The van der Waals surface area contributed by atoms with Gasteiger partial charge in [-0.2, -0.15) is 5.26 Å². The van der Waals surface area contributed by atoms with Crippen LogP contribution in [0.15, 0.2) is 60.7 Å². The maximum Gasteiger partial charge on any atom is 0.339 e. The first-order valence-corrected chi connectivity index (χ1v) is 9.77. The number of rotatable bonds is 5. The molecule has 2 aliphatic rings. The molecule has 4 atom stereocenters. The molecular weight excluding hydrogens is 402 g/mol. The van der Waals surface area contributed by atoms with Crippen molar-refractivity contribution in [1.82, 2.24) is 0 Å². The van der Waals surface area contributed by atoms with Crippen molar-refractivity contribution in [1.29, 1.82) is 5.26 Å². The van der Waals surface area contributed by atoms with Crippen LogP contribution in [0.5, 0.6) is 0 Å². The highest BCUT2D eigenvalue weighted by Crippen LogP contribution is 2.45. The van der Waals surface area contributed by atoms with Gasteiger partial charge in [0, 0.05) is 0 Å². The third kappa shape index (κ3) is 4.03. The van der Waals surface area contributed by atoms with E-state index in [1.54, 1.807) is 74.5 Å². The summed E-state index contributed by atoms with van der Waals surface area (Å²) in [5.41, 5.74) is -1.26. The predicted molar refractivity (Wildman–Crippen MR) is 106 cm³/mol. The Bertz CT molecular complexity index is 1000. The summed E-state index contributed by atoms with van der Waals surface area (Å²) in [4.78, 5) is 25.1. The first kappa shape index (κ1) is 21.0. The summed E-state index contributed by atoms with van der Waals surface area (Å²) in [6.45, 7) is 3.00. The molecule has 2 aromatic rings. The van der Waals surface area contributed by atoms with E-state index in [4.69, 9.17) is 23.7 Å². The number of carbonyl (C=O) groups excluding carboxylic acids is 2. The van der Waals surface area contributed by atoms with Crippen molar-refractivity contribution in [3.05, 3.63) is 71.8 Å². The van der Waals surface area contributed by atoms with Crippen LogP contribution in [-0.2, 0) is 23.7 Å². The Balaban J connectivity index is 1.58. The van der Waals surface area contributed by atoms with Crippen molar-refractivity contribution < 1.29 is 33.3 Å². The molecule has 2 aromatic carbocycles. The number of benzene rings is 2. The molecule has 2 aliphatic heterocycles. The van der Waals surface area contributed by atoms with E-state index in [0.717, 1.165) is 0 Å². The van der Waals surface area contributed by atoms with E-state index in [1.807, 2.05) is 6.07 Å². The second-order valence-electron chi connectivity index (χ2n) is 7.67. The normalized spacial score (nSPS) is 28.4. The molecule has 0 spiro atoms. The molecule has 2 fully saturated rings. The Morgan fingerprint density at radius 1 is 0.968 bits per heavy atom. The van der Waals surface area contributed by atoms with Crippen molar-refractivity contribution in [2.75, 3.05) is 6.61 Å². The van der Waals surface area contributed by atoms with Gasteiger partial charge in [0.25, 0.3) is 5.60 Å². The molecule has 0 N–H and O–H groups in total. The van der Waals surface area contributed by atoms with Crippen LogP contribution >= 0.6 is 0 Å². The number of hydrogen-bond acceptors (Lipinski definition) is 8. The fourth-order valence-corrected chi connectivity index (χ4v) is 3.61. The number of fused-ring (bicyclic) bond motifs is 1. The van der Waals surface area contributed by atoms with Gasteiger partial charge in [-0.25, -0.2) is 9.59 Å². The summed E-state index contributed by atoms with van der Waals surface area (Å²) in [5.74, 6) is -2.36. The molecule has 2 saturated heterocycles. The average Bonchev–Trinajstić information content (AvgIpc) is 3.23. The zero-order chi connectivity index (χ0) is 22.1. The van der Waals surface area contributed by atoms with Gasteiger partial charge in [-0.15, -0.1) is 0 Å². The Morgan fingerprint density at radius 3 is 2.13 bits per heavy atom. The molecule has 0 bridgehead atoms. The molecule has 31 heavy (non-hydrogen) atoms. The molecule has 4 rings (SSSR count). The predicted octanol–water partition coefficient (Wildman–Crippen LogP) is 2.84. The second kappa shape index (κ2) is 8.12. The van der Waals surface area contributed by atoms with E-state index < -0.39 is 41.8 Å². The first-order chi connectivity index (χ1) is 14.8. The summed E-state index contributed by atoms with van der Waals surface area (Å²) in [5, 5.41) is 10.1. The van der Waals surface area contributed by atoms with Gasteiger partial charge in [0.1, 0.15) is 12.7 Å². The topological polar surface area (TPSA) is 104 Å². The minimum Gasteiger partial charge on any atom is -0.459 e. The van der Waals surface area contributed by atoms with E-state index in [9.17, 15) is 14.9 Å². The van der Waals surface area contributed by atoms with Crippen LogP contribution in [0.3, 0.4) is 0 Å². The van der Waals surface area contributed by atoms with Crippen LogP contribution in [0.2, 0.25) is 0 Å². The Hall–Kier alpha value is -3.25. The molecule has 0 aromatic heterocycles. The lowest BCUT2D eigenvalue weighted by Crippen LogP contribution is -2.53. The summed E-state index contributed by atoms with van der Waals surface area (Å²) in [6.07, 6.45) is -3.08. The summed E-state index contributed by atoms with van der Waals surface area (Å²) < 4.78 is 28.4. The Labute approximate surface area is 179 Å². The summed E-state index contributed by atoms with van der Waals surface area (Å²) >= 11 is 0. The smallest absolute Gasteiger partial charge is 0.339 e. The van der Waals surface area contributed by atoms with E-state index in [-0.39, 0.29) is 12.2 Å². The summed E-state index contributed by atoms with van der Waals surface area (Å²) in [7, 11) is 0. The third-order valence-corrected chi connectivity index (χ3v) is 5.08. The molecule has 0 aliphatic carbocycles.